The molecule has 1 N–H and O–H groups in total. The summed E-state index contributed by atoms with van der Waals surface area (Å²) in [6, 6.07) is 13.3. The Kier molecular flexibility index (Phi) is 6.09. The molecular formula is C22H24N2O3S. The number of furan rings is 1. The van der Waals surface area contributed by atoms with Crippen molar-refractivity contribution in [2.24, 2.45) is 0 Å². The van der Waals surface area contributed by atoms with Crippen LogP contribution in [0.5, 0.6) is 0 Å². The summed E-state index contributed by atoms with van der Waals surface area (Å²) in [4.78, 5) is 25.1. The SMILES string of the molecule is CC(=O)Nc1ccc(S[C@H](C)C(=O)c2cc(C)n(Cc3ccco3)c2C)cc1. The molecule has 3 rings (SSSR count). The van der Waals surface area contributed by atoms with Gasteiger partial charge in [0.1, 0.15) is 5.76 Å². The minimum absolute atomic E-state index is 0.103. The van der Waals surface area contributed by atoms with E-state index in [4.69, 9.17) is 4.42 Å². The number of benzene rings is 1. The lowest BCUT2D eigenvalue weighted by Gasteiger charge is -2.12. The molecule has 0 saturated carbocycles. The number of anilines is 1. The first kappa shape index (κ1) is 20.0. The number of hydrogen-bond donors (Lipinski definition) is 1. The molecule has 0 aliphatic rings. The van der Waals surface area contributed by atoms with Crippen molar-refractivity contribution in [1.82, 2.24) is 4.57 Å². The summed E-state index contributed by atoms with van der Waals surface area (Å²) in [5.74, 6) is 0.867. The minimum atomic E-state index is -0.218. The highest BCUT2D eigenvalue weighted by Gasteiger charge is 2.22. The summed E-state index contributed by atoms with van der Waals surface area (Å²) in [5, 5.41) is 2.52. The second kappa shape index (κ2) is 8.52. The number of aromatic nitrogens is 1. The predicted molar refractivity (Wildman–Crippen MR) is 112 cm³/mol. The Morgan fingerprint density at radius 3 is 2.50 bits per heavy atom. The van der Waals surface area contributed by atoms with E-state index < -0.39 is 0 Å². The smallest absolute Gasteiger partial charge is 0.221 e. The summed E-state index contributed by atoms with van der Waals surface area (Å²) in [7, 11) is 0. The monoisotopic (exact) mass is 396 g/mol. The first-order valence-corrected chi connectivity index (χ1v) is 10.0. The summed E-state index contributed by atoms with van der Waals surface area (Å²) in [6.07, 6.45) is 1.66. The average Bonchev–Trinajstić information content (AvgIpc) is 3.26. The van der Waals surface area contributed by atoms with Crippen LogP contribution in [-0.4, -0.2) is 21.5 Å². The maximum Gasteiger partial charge on any atom is 0.221 e. The average molecular weight is 397 g/mol. The van der Waals surface area contributed by atoms with Crippen LogP contribution in [0.15, 0.2) is 58.0 Å². The molecule has 3 aromatic rings. The minimum Gasteiger partial charge on any atom is -0.467 e. The van der Waals surface area contributed by atoms with Gasteiger partial charge in [0.05, 0.1) is 18.1 Å². The highest BCUT2D eigenvalue weighted by molar-refractivity contribution is 8.00. The molecule has 6 heteroatoms. The largest absolute Gasteiger partial charge is 0.467 e. The van der Waals surface area contributed by atoms with Crippen LogP contribution in [0.4, 0.5) is 5.69 Å². The Labute approximate surface area is 169 Å². The van der Waals surface area contributed by atoms with Gasteiger partial charge in [-0.3, -0.25) is 9.59 Å². The van der Waals surface area contributed by atoms with E-state index in [1.54, 1.807) is 6.26 Å². The zero-order chi connectivity index (χ0) is 20.3. The van der Waals surface area contributed by atoms with E-state index in [-0.39, 0.29) is 16.9 Å². The number of thioether (sulfide) groups is 1. The van der Waals surface area contributed by atoms with Crippen LogP contribution in [0.1, 0.15) is 41.4 Å². The molecule has 1 amide bonds. The molecule has 0 aliphatic carbocycles. The Balaban J connectivity index is 1.72. The number of rotatable bonds is 7. The first-order valence-electron chi connectivity index (χ1n) is 9.12. The third-order valence-corrected chi connectivity index (χ3v) is 5.70. The van der Waals surface area contributed by atoms with E-state index in [2.05, 4.69) is 9.88 Å². The van der Waals surface area contributed by atoms with Crippen molar-refractivity contribution < 1.29 is 14.0 Å². The third kappa shape index (κ3) is 4.57. The highest BCUT2D eigenvalue weighted by atomic mass is 32.2. The Morgan fingerprint density at radius 2 is 1.89 bits per heavy atom. The number of ketones is 1. The lowest BCUT2D eigenvalue weighted by atomic mass is 10.1. The van der Waals surface area contributed by atoms with E-state index >= 15 is 0 Å². The van der Waals surface area contributed by atoms with Gasteiger partial charge in [-0.25, -0.2) is 0 Å². The summed E-state index contributed by atoms with van der Waals surface area (Å²) >= 11 is 1.51. The van der Waals surface area contributed by atoms with Crippen LogP contribution in [-0.2, 0) is 11.3 Å². The standard InChI is InChI=1S/C22H24N2O3S/c1-14-12-21(15(2)24(14)13-19-6-5-11-27-19)22(26)16(3)28-20-9-7-18(8-10-20)23-17(4)25/h5-12,16H,13H2,1-4H3,(H,23,25)/t16-/m1/s1. The summed E-state index contributed by atoms with van der Waals surface area (Å²) in [6.45, 7) is 8.00. The number of hydrogen-bond acceptors (Lipinski definition) is 4. The molecule has 1 atom stereocenters. The van der Waals surface area contributed by atoms with Crippen molar-refractivity contribution in [2.45, 2.75) is 44.4 Å². The van der Waals surface area contributed by atoms with Gasteiger partial charge >= 0.3 is 0 Å². The van der Waals surface area contributed by atoms with E-state index in [0.717, 1.165) is 33.3 Å². The molecule has 28 heavy (non-hydrogen) atoms. The van der Waals surface area contributed by atoms with Crippen molar-refractivity contribution in [3.63, 3.8) is 0 Å². The third-order valence-electron chi connectivity index (χ3n) is 4.59. The number of nitrogens with zero attached hydrogens (tertiary/aromatic N) is 1. The number of Topliss-reactive ketones (excluding diaryl/α,β-unsaturated/α-hetero) is 1. The second-order valence-corrected chi connectivity index (χ2v) is 8.19. The van der Waals surface area contributed by atoms with Crippen LogP contribution >= 0.6 is 11.8 Å². The maximum absolute atomic E-state index is 13.0. The molecule has 146 valence electrons. The normalized spacial score (nSPS) is 12.0. The quantitative estimate of drug-likeness (QED) is 0.447. The Hall–Kier alpha value is -2.73. The zero-order valence-electron chi connectivity index (χ0n) is 16.5. The van der Waals surface area contributed by atoms with Gasteiger partial charge in [-0.15, -0.1) is 11.8 Å². The molecule has 0 aliphatic heterocycles. The van der Waals surface area contributed by atoms with E-state index in [0.29, 0.717) is 6.54 Å². The van der Waals surface area contributed by atoms with Crippen LogP contribution < -0.4 is 5.32 Å². The molecule has 2 heterocycles. The molecule has 0 spiro atoms. The van der Waals surface area contributed by atoms with Crippen molar-refractivity contribution in [3.8, 4) is 0 Å². The van der Waals surface area contributed by atoms with Crippen molar-refractivity contribution in [2.75, 3.05) is 5.32 Å². The Bertz CT molecular complexity index is 972. The van der Waals surface area contributed by atoms with Crippen LogP contribution in [0.25, 0.3) is 0 Å². The fourth-order valence-corrected chi connectivity index (χ4v) is 4.08. The van der Waals surface area contributed by atoms with Gasteiger partial charge in [-0.05, 0) is 63.2 Å². The molecule has 1 aromatic carbocycles. The number of amides is 1. The molecule has 2 aromatic heterocycles. The van der Waals surface area contributed by atoms with Crippen LogP contribution in [0.3, 0.4) is 0 Å². The van der Waals surface area contributed by atoms with Gasteiger partial charge in [0.25, 0.3) is 0 Å². The fourth-order valence-electron chi connectivity index (χ4n) is 3.15. The fraction of sp³-hybridized carbons (Fsp3) is 0.273. The van der Waals surface area contributed by atoms with Crippen molar-refractivity contribution in [1.29, 1.82) is 0 Å². The van der Waals surface area contributed by atoms with E-state index in [1.165, 1.54) is 18.7 Å². The number of carbonyl (C=O) groups excluding carboxylic acids is 2. The van der Waals surface area contributed by atoms with Gasteiger partial charge in [-0.1, -0.05) is 0 Å². The van der Waals surface area contributed by atoms with Crippen molar-refractivity contribution >= 4 is 29.1 Å². The van der Waals surface area contributed by atoms with Crippen LogP contribution in [0, 0.1) is 13.8 Å². The van der Waals surface area contributed by atoms with E-state index in [1.807, 2.05) is 63.2 Å². The van der Waals surface area contributed by atoms with Crippen LogP contribution in [0.2, 0.25) is 0 Å². The number of nitrogens with one attached hydrogen (secondary N) is 1. The lowest BCUT2D eigenvalue weighted by Crippen LogP contribution is -2.15. The molecular weight excluding hydrogens is 372 g/mol. The highest BCUT2D eigenvalue weighted by Crippen LogP contribution is 2.29. The van der Waals surface area contributed by atoms with Gasteiger partial charge in [0, 0.05) is 34.5 Å². The summed E-state index contributed by atoms with van der Waals surface area (Å²) < 4.78 is 7.54. The maximum atomic E-state index is 13.0. The Morgan fingerprint density at radius 1 is 1.18 bits per heavy atom. The molecule has 0 fully saturated rings. The topological polar surface area (TPSA) is 64.2 Å². The van der Waals surface area contributed by atoms with E-state index in [9.17, 15) is 9.59 Å². The van der Waals surface area contributed by atoms with Gasteiger partial charge in [0.15, 0.2) is 5.78 Å². The number of carbonyl (C=O) groups is 2. The first-order chi connectivity index (χ1) is 13.3. The van der Waals surface area contributed by atoms with Gasteiger partial charge in [-0.2, -0.15) is 0 Å². The molecule has 0 radical (unpaired) electrons. The van der Waals surface area contributed by atoms with Gasteiger partial charge in [0.2, 0.25) is 5.91 Å². The molecule has 0 saturated heterocycles. The number of aryl methyl sites for hydroxylation is 1. The summed E-state index contributed by atoms with van der Waals surface area (Å²) in [5.41, 5.74) is 3.48. The van der Waals surface area contributed by atoms with Crippen molar-refractivity contribution in [3.05, 3.63) is 71.4 Å². The zero-order valence-corrected chi connectivity index (χ0v) is 17.3. The molecule has 5 nitrogen and oxygen atoms in total. The molecule has 0 bridgehead atoms. The second-order valence-electron chi connectivity index (χ2n) is 6.78. The molecule has 0 unspecified atom stereocenters. The lowest BCUT2D eigenvalue weighted by molar-refractivity contribution is -0.114. The predicted octanol–water partition coefficient (Wildman–Crippen LogP) is 5.07. The van der Waals surface area contributed by atoms with Gasteiger partial charge < -0.3 is 14.3 Å².